The summed E-state index contributed by atoms with van der Waals surface area (Å²) in [5.74, 6) is -0.113. The predicted octanol–water partition coefficient (Wildman–Crippen LogP) is 4.56. The van der Waals surface area contributed by atoms with Gasteiger partial charge in [-0.1, -0.05) is 29.7 Å². The molecule has 1 aromatic rings. The first-order valence-electron chi connectivity index (χ1n) is 7.42. The molecule has 2 unspecified atom stereocenters. The van der Waals surface area contributed by atoms with Gasteiger partial charge in [0.25, 0.3) is 0 Å². The second-order valence-corrected chi connectivity index (χ2v) is 6.13. The number of rotatable bonds is 3. The van der Waals surface area contributed by atoms with Gasteiger partial charge in [-0.15, -0.1) is 0 Å². The summed E-state index contributed by atoms with van der Waals surface area (Å²) in [4.78, 5) is 15.4. The van der Waals surface area contributed by atoms with E-state index in [-0.39, 0.29) is 23.5 Å². The number of aliphatic hydroxyl groups is 1. The van der Waals surface area contributed by atoms with Gasteiger partial charge >= 0.3 is 0 Å². The molecule has 5 nitrogen and oxygen atoms in total. The van der Waals surface area contributed by atoms with Crippen molar-refractivity contribution >= 4 is 11.4 Å². The maximum atomic E-state index is 12.6. The maximum Gasteiger partial charge on any atom is 0.167 e. The van der Waals surface area contributed by atoms with Crippen molar-refractivity contribution in [2.75, 3.05) is 0 Å². The first-order chi connectivity index (χ1) is 10.3. The molecule has 0 aliphatic heterocycles. The molecule has 1 N–H and O–H groups in total. The summed E-state index contributed by atoms with van der Waals surface area (Å²) in [6, 6.07) is 3.73. The average molecular weight is 299 g/mol. The summed E-state index contributed by atoms with van der Waals surface area (Å²) in [5.41, 5.74) is 12.9. The highest BCUT2D eigenvalue weighted by atomic mass is 16.3. The van der Waals surface area contributed by atoms with Crippen LogP contribution in [0.5, 0.6) is 0 Å². The number of carbonyl (C=O) groups excluding carboxylic acids is 1. The van der Waals surface area contributed by atoms with Gasteiger partial charge in [0, 0.05) is 23.8 Å². The second kappa shape index (κ2) is 6.24. The highest BCUT2D eigenvalue weighted by molar-refractivity contribution is 6.22. The molecule has 5 heteroatoms. The van der Waals surface area contributed by atoms with Crippen LogP contribution in [0.4, 0.5) is 0 Å². The number of nitrogens with zero attached hydrogens (tertiary/aromatic N) is 3. The number of aryl methyl sites for hydroxylation is 3. The Balaban J connectivity index is 2.47. The monoisotopic (exact) mass is 299 g/mol. The summed E-state index contributed by atoms with van der Waals surface area (Å²) < 4.78 is 0. The van der Waals surface area contributed by atoms with Crippen molar-refractivity contribution in [1.82, 2.24) is 0 Å². The minimum Gasteiger partial charge on any atom is -0.512 e. The molecule has 0 radical (unpaired) electrons. The van der Waals surface area contributed by atoms with Crippen molar-refractivity contribution in [3.05, 3.63) is 50.6 Å². The summed E-state index contributed by atoms with van der Waals surface area (Å²) >= 11 is 0. The van der Waals surface area contributed by atoms with Crippen LogP contribution < -0.4 is 0 Å². The fourth-order valence-corrected chi connectivity index (χ4v) is 3.30. The number of allylic oxidation sites excluding steroid dienone is 2. The second-order valence-electron chi connectivity index (χ2n) is 6.13. The number of hydrogen-bond donors (Lipinski definition) is 1. The Morgan fingerprint density at radius 2 is 1.86 bits per heavy atom. The van der Waals surface area contributed by atoms with Crippen molar-refractivity contribution in [3.63, 3.8) is 0 Å². The van der Waals surface area contributed by atoms with Gasteiger partial charge in [0.1, 0.15) is 5.76 Å². The summed E-state index contributed by atoms with van der Waals surface area (Å²) in [7, 11) is 0. The number of hydrogen-bond acceptors (Lipinski definition) is 3. The maximum absolute atomic E-state index is 12.6. The van der Waals surface area contributed by atoms with Gasteiger partial charge in [0.05, 0.1) is 5.57 Å². The Morgan fingerprint density at radius 1 is 1.27 bits per heavy atom. The molecule has 2 atom stereocenters. The molecule has 0 aromatic heterocycles. The molecule has 0 spiro atoms. The number of benzene rings is 1. The lowest BCUT2D eigenvalue weighted by molar-refractivity contribution is -0.115. The quantitative estimate of drug-likeness (QED) is 0.504. The largest absolute Gasteiger partial charge is 0.512 e. The van der Waals surface area contributed by atoms with Crippen LogP contribution in [0.3, 0.4) is 0 Å². The number of Topliss-reactive ketones (excluding diaryl/α,β-unsaturated/α-hetero) is 1. The van der Waals surface area contributed by atoms with E-state index in [1.165, 1.54) is 0 Å². The van der Waals surface area contributed by atoms with Crippen LogP contribution in [0.15, 0.2) is 23.0 Å². The van der Waals surface area contributed by atoms with Crippen LogP contribution in [-0.4, -0.2) is 16.9 Å². The molecule has 0 bridgehead atoms. The lowest BCUT2D eigenvalue weighted by Gasteiger charge is -2.27. The Bertz CT molecular complexity index is 677. The zero-order valence-corrected chi connectivity index (χ0v) is 13.4. The SMILES string of the molecule is Cc1cc(C)c(C2=C(O)CC(C(C)N=[N+]=[N-])CC2=O)c(C)c1. The van der Waals surface area contributed by atoms with Crippen LogP contribution in [0.2, 0.25) is 0 Å². The lowest BCUT2D eigenvalue weighted by atomic mass is 9.79. The third-order valence-corrected chi connectivity index (χ3v) is 4.31. The standard InChI is InChI=1S/C17H21N3O2/c1-9-5-10(2)16(11(3)6-9)17-14(21)7-13(8-15(17)22)12(4)19-20-18/h5-6,12-13,21H,7-8H2,1-4H3. The minimum atomic E-state index is -0.308. The van der Waals surface area contributed by atoms with E-state index in [1.807, 2.05) is 32.9 Å². The van der Waals surface area contributed by atoms with Crippen molar-refractivity contribution in [3.8, 4) is 0 Å². The highest BCUT2D eigenvalue weighted by Crippen LogP contribution is 2.36. The van der Waals surface area contributed by atoms with Crippen molar-refractivity contribution in [2.24, 2.45) is 11.0 Å². The zero-order chi connectivity index (χ0) is 16.4. The number of carbonyl (C=O) groups is 1. The zero-order valence-electron chi connectivity index (χ0n) is 13.4. The van der Waals surface area contributed by atoms with Crippen molar-refractivity contribution < 1.29 is 9.90 Å². The molecule has 2 rings (SSSR count). The van der Waals surface area contributed by atoms with Gasteiger partial charge in [0.2, 0.25) is 0 Å². The van der Waals surface area contributed by atoms with E-state index < -0.39 is 0 Å². The molecule has 0 heterocycles. The topological polar surface area (TPSA) is 86.1 Å². The first kappa shape index (κ1) is 16.1. The smallest absolute Gasteiger partial charge is 0.167 e. The van der Waals surface area contributed by atoms with E-state index in [0.29, 0.717) is 18.4 Å². The van der Waals surface area contributed by atoms with Gasteiger partial charge < -0.3 is 5.11 Å². The molecule has 1 aromatic carbocycles. The predicted molar refractivity (Wildman–Crippen MR) is 86.5 cm³/mol. The molecular weight excluding hydrogens is 278 g/mol. The van der Waals surface area contributed by atoms with E-state index >= 15 is 0 Å². The Hall–Kier alpha value is -2.26. The van der Waals surface area contributed by atoms with E-state index in [4.69, 9.17) is 5.53 Å². The van der Waals surface area contributed by atoms with E-state index in [9.17, 15) is 9.90 Å². The number of aliphatic hydroxyl groups excluding tert-OH is 1. The summed E-state index contributed by atoms with van der Waals surface area (Å²) in [6.45, 7) is 7.70. The number of azide groups is 1. The van der Waals surface area contributed by atoms with Gasteiger partial charge in [-0.3, -0.25) is 4.79 Å². The molecule has 1 aliphatic rings. The van der Waals surface area contributed by atoms with Gasteiger partial charge in [-0.05, 0) is 48.9 Å². The lowest BCUT2D eigenvalue weighted by Crippen LogP contribution is -2.26. The normalized spacial score (nSPS) is 19.8. The van der Waals surface area contributed by atoms with E-state index in [2.05, 4.69) is 10.0 Å². The molecule has 1 aliphatic carbocycles. The summed E-state index contributed by atoms with van der Waals surface area (Å²) in [6.07, 6.45) is 0.667. The van der Waals surface area contributed by atoms with Crippen LogP contribution in [0, 0.1) is 26.7 Å². The molecule has 0 amide bonds. The Labute approximate surface area is 130 Å². The Kier molecular flexibility index (Phi) is 4.57. The fourth-order valence-electron chi connectivity index (χ4n) is 3.30. The van der Waals surface area contributed by atoms with Crippen LogP contribution in [0.25, 0.3) is 16.0 Å². The van der Waals surface area contributed by atoms with Crippen molar-refractivity contribution in [2.45, 2.75) is 46.6 Å². The Morgan fingerprint density at radius 3 is 2.36 bits per heavy atom. The fraction of sp³-hybridized carbons (Fsp3) is 0.471. The van der Waals surface area contributed by atoms with Crippen LogP contribution >= 0.6 is 0 Å². The van der Waals surface area contributed by atoms with Crippen LogP contribution in [0.1, 0.15) is 42.0 Å². The molecule has 0 fully saturated rings. The molecule has 116 valence electrons. The van der Waals surface area contributed by atoms with Crippen molar-refractivity contribution in [1.29, 1.82) is 0 Å². The average Bonchev–Trinajstić information content (AvgIpc) is 2.40. The molecule has 0 saturated heterocycles. The third kappa shape index (κ3) is 3.00. The first-order valence-corrected chi connectivity index (χ1v) is 7.42. The van der Waals surface area contributed by atoms with Gasteiger partial charge in [0.15, 0.2) is 5.78 Å². The minimum absolute atomic E-state index is 0.0798. The van der Waals surface area contributed by atoms with Gasteiger partial charge in [-0.25, -0.2) is 0 Å². The van der Waals surface area contributed by atoms with Crippen LogP contribution in [-0.2, 0) is 4.79 Å². The molecule has 22 heavy (non-hydrogen) atoms. The van der Waals surface area contributed by atoms with E-state index in [1.54, 1.807) is 6.92 Å². The highest BCUT2D eigenvalue weighted by Gasteiger charge is 2.32. The third-order valence-electron chi connectivity index (χ3n) is 4.31. The molecular formula is C17H21N3O2. The number of ketones is 1. The molecule has 0 saturated carbocycles. The summed E-state index contributed by atoms with van der Waals surface area (Å²) in [5, 5.41) is 14.1. The van der Waals surface area contributed by atoms with Gasteiger partial charge in [-0.2, -0.15) is 0 Å². The van der Waals surface area contributed by atoms with E-state index in [0.717, 1.165) is 22.3 Å².